The van der Waals surface area contributed by atoms with Gasteiger partial charge in [0.05, 0.1) is 0 Å². The lowest BCUT2D eigenvalue weighted by Crippen LogP contribution is -2.38. The van der Waals surface area contributed by atoms with Crippen molar-refractivity contribution >= 4 is 0 Å². The minimum absolute atomic E-state index is 0. The zero-order valence-electron chi connectivity index (χ0n) is 44.6. The number of hydrogen-bond donors (Lipinski definition) is 0. The minimum atomic E-state index is 0. The summed E-state index contributed by atoms with van der Waals surface area (Å²) in [6.45, 7) is 74.0. The monoisotopic (exact) mass is 819 g/mol. The van der Waals surface area contributed by atoms with Crippen LogP contribution in [0.2, 0.25) is 0 Å². The van der Waals surface area contributed by atoms with Crippen LogP contribution in [0.5, 0.6) is 0 Å². The van der Waals surface area contributed by atoms with Crippen molar-refractivity contribution in [1.82, 2.24) is 0 Å². The standard InChI is InChI=1S/C56H114.2CH4/c1-30(2)32(5)34(7)36(9)38(11)40(13)42(15)44(17)46(19)48(21)50(23)52(25)54(27)56(29)55(28)53(26)51(24)49(22)47(20)45(18)43(16)41(14)39(12)37(10)35(8)33(6)31(3)4;;/h30-56H,1-29H3;2*1H4. The van der Waals surface area contributed by atoms with Gasteiger partial charge in [-0.3, -0.25) is 0 Å². The molecule has 58 heavy (non-hydrogen) atoms. The molecule has 0 heterocycles. The molecular formula is C58H122. The SMILES string of the molecule is C.C.CC(C)C(C)C(C)C(C)C(C)C(C)C(C)C(C)C(C)C(C)C(C)C(C)C(C)C(C)C(C)C(C)C(C)C(C)C(C)C(C)C(C)C(C)C(C)C(C)C(C)C(C)C(C)C. The highest BCUT2D eigenvalue weighted by Gasteiger charge is 2.40. The van der Waals surface area contributed by atoms with E-state index in [1.165, 1.54) is 0 Å². The van der Waals surface area contributed by atoms with Gasteiger partial charge in [0.15, 0.2) is 0 Å². The van der Waals surface area contributed by atoms with E-state index < -0.39 is 0 Å². The molecule has 0 bridgehead atoms. The van der Waals surface area contributed by atoms with E-state index in [1.54, 1.807) is 0 Å². The summed E-state index contributed by atoms with van der Waals surface area (Å²) in [5.74, 6) is 20.0. The van der Waals surface area contributed by atoms with E-state index in [-0.39, 0.29) is 14.9 Å². The second-order valence-electron chi connectivity index (χ2n) is 24.0. The molecule has 0 radical (unpaired) electrons. The van der Waals surface area contributed by atoms with Crippen LogP contribution in [0.15, 0.2) is 0 Å². The highest BCUT2D eigenvalue weighted by atomic mass is 14.5. The van der Waals surface area contributed by atoms with Crippen molar-refractivity contribution in [3.8, 4) is 0 Å². The van der Waals surface area contributed by atoms with Crippen molar-refractivity contribution in [3.63, 3.8) is 0 Å². The number of rotatable bonds is 26. The molecule has 0 N–H and O–H groups in total. The predicted molar refractivity (Wildman–Crippen MR) is 272 cm³/mol. The van der Waals surface area contributed by atoms with Crippen molar-refractivity contribution in [2.24, 2.45) is 160 Å². The molecule has 0 nitrogen and oxygen atoms in total. The first-order valence-electron chi connectivity index (χ1n) is 25.4. The Morgan fingerprint density at radius 2 is 0.155 bits per heavy atom. The summed E-state index contributed by atoms with van der Waals surface area (Å²) < 4.78 is 0. The van der Waals surface area contributed by atoms with Crippen molar-refractivity contribution < 1.29 is 0 Å². The highest BCUT2D eigenvalue weighted by molar-refractivity contribution is 4.89. The summed E-state index contributed by atoms with van der Waals surface area (Å²) >= 11 is 0. The fourth-order valence-electron chi connectivity index (χ4n) is 12.2. The Hall–Kier alpha value is 0. The average molecular weight is 820 g/mol. The van der Waals surface area contributed by atoms with Crippen LogP contribution >= 0.6 is 0 Å². The molecule has 0 amide bonds. The molecule has 0 saturated carbocycles. The molecule has 0 spiro atoms. The van der Waals surface area contributed by atoms with Gasteiger partial charge in [-0.05, 0) is 160 Å². The van der Waals surface area contributed by atoms with E-state index in [2.05, 4.69) is 201 Å². The van der Waals surface area contributed by atoms with Crippen LogP contribution in [0.3, 0.4) is 0 Å². The molecule has 0 aromatic rings. The van der Waals surface area contributed by atoms with Crippen LogP contribution in [-0.2, 0) is 0 Å². The summed E-state index contributed by atoms with van der Waals surface area (Å²) in [5.41, 5.74) is 0. The fourth-order valence-corrected chi connectivity index (χ4v) is 12.2. The predicted octanol–water partition coefficient (Wildman–Crippen LogP) is 19.5. The normalized spacial score (nSPS) is 25.7. The molecule has 0 rings (SSSR count). The lowest BCUT2D eigenvalue weighted by molar-refractivity contribution is 0.0401. The molecule has 0 heteroatoms. The van der Waals surface area contributed by atoms with Crippen molar-refractivity contribution in [2.45, 2.75) is 216 Å². The van der Waals surface area contributed by atoms with Gasteiger partial charge >= 0.3 is 0 Å². The summed E-state index contributed by atoms with van der Waals surface area (Å²) in [6.07, 6.45) is 0. The van der Waals surface area contributed by atoms with Crippen LogP contribution in [-0.4, -0.2) is 0 Å². The molecule has 24 atom stereocenters. The molecule has 0 saturated heterocycles. The molecule has 0 fully saturated rings. The third kappa shape index (κ3) is 15.7. The molecule has 0 aliphatic heterocycles. The largest absolute Gasteiger partial charge is 0.0776 e. The van der Waals surface area contributed by atoms with Gasteiger partial charge in [-0.1, -0.05) is 216 Å². The molecule has 24 unspecified atom stereocenters. The summed E-state index contributed by atoms with van der Waals surface area (Å²) in [4.78, 5) is 0. The summed E-state index contributed by atoms with van der Waals surface area (Å²) in [7, 11) is 0. The van der Waals surface area contributed by atoms with Crippen LogP contribution in [0.4, 0.5) is 0 Å². The average Bonchev–Trinajstić information content (AvgIpc) is 3.18. The van der Waals surface area contributed by atoms with E-state index in [1.807, 2.05) is 0 Å². The van der Waals surface area contributed by atoms with E-state index in [9.17, 15) is 0 Å². The van der Waals surface area contributed by atoms with Crippen LogP contribution in [0, 0.1) is 160 Å². The molecular weight excluding hydrogens is 697 g/mol. The molecule has 0 aliphatic carbocycles. The van der Waals surface area contributed by atoms with Gasteiger partial charge in [0.2, 0.25) is 0 Å². The lowest BCUT2D eigenvalue weighted by atomic mass is 9.61. The smallest absolute Gasteiger partial charge is 0.0386 e. The Kier molecular flexibility index (Phi) is 29.3. The van der Waals surface area contributed by atoms with Crippen LogP contribution in [0.1, 0.15) is 216 Å². The van der Waals surface area contributed by atoms with Crippen molar-refractivity contribution in [3.05, 3.63) is 0 Å². The van der Waals surface area contributed by atoms with E-state index in [0.29, 0.717) is 0 Å². The summed E-state index contributed by atoms with van der Waals surface area (Å²) in [6, 6.07) is 0. The van der Waals surface area contributed by atoms with E-state index >= 15 is 0 Å². The minimum Gasteiger partial charge on any atom is -0.0776 e. The maximum absolute atomic E-state index is 2.61. The first-order chi connectivity index (χ1) is 25.4. The van der Waals surface area contributed by atoms with Crippen LogP contribution < -0.4 is 0 Å². The van der Waals surface area contributed by atoms with Gasteiger partial charge in [0.25, 0.3) is 0 Å². The summed E-state index contributed by atoms with van der Waals surface area (Å²) in [5, 5.41) is 0. The van der Waals surface area contributed by atoms with Crippen molar-refractivity contribution in [2.75, 3.05) is 0 Å². The molecule has 0 aromatic heterocycles. The first-order valence-corrected chi connectivity index (χ1v) is 25.4. The third-order valence-electron chi connectivity index (χ3n) is 22.0. The Bertz CT molecular complexity index is 943. The Morgan fingerprint density at radius 3 is 0.207 bits per heavy atom. The second kappa shape index (κ2) is 27.2. The quantitative estimate of drug-likeness (QED) is 0.0816. The van der Waals surface area contributed by atoms with E-state index in [4.69, 9.17) is 0 Å². The Labute approximate surface area is 374 Å². The molecule has 0 aliphatic rings. The van der Waals surface area contributed by atoms with Gasteiger partial charge in [-0.25, -0.2) is 0 Å². The zero-order chi connectivity index (χ0) is 44.6. The first kappa shape index (κ1) is 62.3. The van der Waals surface area contributed by atoms with Crippen LogP contribution in [0.25, 0.3) is 0 Å². The molecule has 0 aromatic carbocycles. The third-order valence-corrected chi connectivity index (χ3v) is 22.0. The molecule has 354 valence electrons. The topological polar surface area (TPSA) is 0 Å². The maximum Gasteiger partial charge on any atom is -0.0386 e. The zero-order valence-corrected chi connectivity index (χ0v) is 44.6. The number of hydrogen-bond acceptors (Lipinski definition) is 0. The fraction of sp³-hybridized carbons (Fsp3) is 1.00. The van der Waals surface area contributed by atoms with Gasteiger partial charge in [0, 0.05) is 0 Å². The van der Waals surface area contributed by atoms with Gasteiger partial charge in [-0.15, -0.1) is 0 Å². The Balaban J connectivity index is -0.0000151. The highest BCUT2D eigenvalue weighted by Crippen LogP contribution is 2.47. The van der Waals surface area contributed by atoms with Gasteiger partial charge < -0.3 is 0 Å². The second-order valence-corrected chi connectivity index (χ2v) is 24.0. The van der Waals surface area contributed by atoms with Gasteiger partial charge in [-0.2, -0.15) is 0 Å². The maximum atomic E-state index is 2.61. The van der Waals surface area contributed by atoms with E-state index in [0.717, 1.165) is 160 Å². The lowest BCUT2D eigenvalue weighted by Gasteiger charge is -2.45. The van der Waals surface area contributed by atoms with Crippen molar-refractivity contribution in [1.29, 1.82) is 0 Å². The van der Waals surface area contributed by atoms with Gasteiger partial charge in [0.1, 0.15) is 0 Å². The Morgan fingerprint density at radius 1 is 0.103 bits per heavy atom.